The number of hydrogen-bond donors (Lipinski definition) is 0. The lowest BCUT2D eigenvalue weighted by Gasteiger charge is -2.21. The minimum absolute atomic E-state index is 0.137. The molecule has 0 aliphatic carbocycles. The van der Waals surface area contributed by atoms with Crippen LogP contribution >= 0.6 is 0 Å². The quantitative estimate of drug-likeness (QED) is 0.731. The van der Waals surface area contributed by atoms with E-state index in [1.807, 2.05) is 43.1 Å². The van der Waals surface area contributed by atoms with Crippen LogP contribution in [0.15, 0.2) is 24.3 Å². The third-order valence-corrected chi connectivity index (χ3v) is 2.23. The molecule has 0 heterocycles. The maximum atomic E-state index is 8.77. The largest absolute Gasteiger partial charge is 0.497 e. The van der Waals surface area contributed by atoms with Gasteiger partial charge in [0, 0.05) is 18.8 Å². The van der Waals surface area contributed by atoms with Crippen molar-refractivity contribution in [1.29, 1.82) is 5.26 Å². The SMILES string of the molecule is COc1cccc(N(C)C(C)C#N)c1. The zero-order valence-corrected chi connectivity index (χ0v) is 8.69. The first-order valence-corrected chi connectivity index (χ1v) is 4.45. The summed E-state index contributed by atoms with van der Waals surface area (Å²) in [6.07, 6.45) is 0. The Morgan fingerprint density at radius 2 is 2.21 bits per heavy atom. The van der Waals surface area contributed by atoms with E-state index in [2.05, 4.69) is 6.07 Å². The average molecular weight is 190 g/mol. The van der Waals surface area contributed by atoms with Crippen molar-refractivity contribution in [3.63, 3.8) is 0 Å². The van der Waals surface area contributed by atoms with Crippen molar-refractivity contribution in [3.05, 3.63) is 24.3 Å². The fraction of sp³-hybridized carbons (Fsp3) is 0.364. The molecule has 0 amide bonds. The molecule has 0 saturated heterocycles. The highest BCUT2D eigenvalue weighted by atomic mass is 16.5. The molecule has 0 aliphatic rings. The Morgan fingerprint density at radius 3 is 2.79 bits per heavy atom. The molecule has 0 N–H and O–H groups in total. The second-order valence-corrected chi connectivity index (χ2v) is 3.12. The van der Waals surface area contributed by atoms with Gasteiger partial charge in [0.05, 0.1) is 13.2 Å². The lowest BCUT2D eigenvalue weighted by molar-refractivity contribution is 0.415. The molecule has 3 heteroatoms. The van der Waals surface area contributed by atoms with Gasteiger partial charge in [-0.15, -0.1) is 0 Å². The first-order valence-electron chi connectivity index (χ1n) is 4.45. The van der Waals surface area contributed by atoms with Gasteiger partial charge in [0.15, 0.2) is 0 Å². The summed E-state index contributed by atoms with van der Waals surface area (Å²) in [7, 11) is 3.52. The van der Waals surface area contributed by atoms with Crippen molar-refractivity contribution in [3.8, 4) is 11.8 Å². The minimum atomic E-state index is -0.137. The second kappa shape index (κ2) is 4.52. The minimum Gasteiger partial charge on any atom is -0.497 e. The summed E-state index contributed by atoms with van der Waals surface area (Å²) in [5.41, 5.74) is 0.985. The summed E-state index contributed by atoms with van der Waals surface area (Å²) in [5.74, 6) is 0.805. The molecular formula is C11H14N2O. The second-order valence-electron chi connectivity index (χ2n) is 3.12. The van der Waals surface area contributed by atoms with Crippen LogP contribution in [0.3, 0.4) is 0 Å². The van der Waals surface area contributed by atoms with E-state index < -0.39 is 0 Å². The Balaban J connectivity index is 2.90. The number of rotatable bonds is 3. The van der Waals surface area contributed by atoms with Crippen LogP contribution in [0, 0.1) is 11.3 Å². The Bertz CT molecular complexity index is 343. The highest BCUT2D eigenvalue weighted by Crippen LogP contribution is 2.20. The number of anilines is 1. The van der Waals surface area contributed by atoms with Gasteiger partial charge in [-0.2, -0.15) is 5.26 Å². The maximum Gasteiger partial charge on any atom is 0.120 e. The summed E-state index contributed by atoms with van der Waals surface area (Å²) in [4.78, 5) is 1.91. The topological polar surface area (TPSA) is 36.3 Å². The van der Waals surface area contributed by atoms with Crippen LogP contribution in [0.5, 0.6) is 5.75 Å². The zero-order valence-electron chi connectivity index (χ0n) is 8.69. The standard InChI is InChI=1S/C11H14N2O/c1-9(8-12)13(2)10-5-4-6-11(7-10)14-3/h4-7,9H,1-3H3. The summed E-state index contributed by atoms with van der Waals surface area (Å²) in [6.45, 7) is 1.86. The predicted molar refractivity (Wildman–Crippen MR) is 56.5 cm³/mol. The van der Waals surface area contributed by atoms with E-state index in [-0.39, 0.29) is 6.04 Å². The third-order valence-electron chi connectivity index (χ3n) is 2.23. The summed E-state index contributed by atoms with van der Waals surface area (Å²) < 4.78 is 5.11. The summed E-state index contributed by atoms with van der Waals surface area (Å²) in [5, 5.41) is 8.77. The molecular weight excluding hydrogens is 176 g/mol. The molecule has 0 spiro atoms. The van der Waals surface area contributed by atoms with Crippen molar-refractivity contribution in [2.45, 2.75) is 13.0 Å². The number of hydrogen-bond acceptors (Lipinski definition) is 3. The monoisotopic (exact) mass is 190 g/mol. The van der Waals surface area contributed by atoms with Crippen molar-refractivity contribution in [2.24, 2.45) is 0 Å². The summed E-state index contributed by atoms with van der Waals surface area (Å²) in [6, 6.07) is 9.71. The molecule has 0 bridgehead atoms. The van der Waals surface area contributed by atoms with Gasteiger partial charge in [-0.25, -0.2) is 0 Å². The van der Waals surface area contributed by atoms with Crippen molar-refractivity contribution in [2.75, 3.05) is 19.1 Å². The van der Waals surface area contributed by atoms with E-state index in [4.69, 9.17) is 10.00 Å². The Labute approximate surface area is 84.5 Å². The van der Waals surface area contributed by atoms with E-state index in [1.54, 1.807) is 7.11 Å². The third kappa shape index (κ3) is 2.17. The molecule has 1 aromatic rings. The van der Waals surface area contributed by atoms with Gasteiger partial charge in [0.1, 0.15) is 11.8 Å². The molecule has 3 nitrogen and oxygen atoms in total. The molecule has 0 fully saturated rings. The number of nitriles is 1. The summed E-state index contributed by atoms with van der Waals surface area (Å²) >= 11 is 0. The molecule has 0 saturated carbocycles. The van der Waals surface area contributed by atoms with Crippen LogP contribution in [-0.2, 0) is 0 Å². The van der Waals surface area contributed by atoms with Crippen LogP contribution in [-0.4, -0.2) is 20.2 Å². The number of benzene rings is 1. The van der Waals surface area contributed by atoms with Crippen LogP contribution in [0.25, 0.3) is 0 Å². The lowest BCUT2D eigenvalue weighted by Crippen LogP contribution is -2.26. The van der Waals surface area contributed by atoms with Gasteiger partial charge in [-0.3, -0.25) is 0 Å². The molecule has 0 radical (unpaired) electrons. The predicted octanol–water partition coefficient (Wildman–Crippen LogP) is 2.04. The van der Waals surface area contributed by atoms with E-state index in [1.165, 1.54) is 0 Å². The zero-order chi connectivity index (χ0) is 10.6. The van der Waals surface area contributed by atoms with E-state index in [9.17, 15) is 0 Å². The van der Waals surface area contributed by atoms with Gasteiger partial charge >= 0.3 is 0 Å². The van der Waals surface area contributed by atoms with Crippen LogP contribution in [0.2, 0.25) is 0 Å². The van der Waals surface area contributed by atoms with E-state index in [0.29, 0.717) is 0 Å². The van der Waals surface area contributed by atoms with Gasteiger partial charge in [-0.05, 0) is 19.1 Å². The highest BCUT2D eigenvalue weighted by molar-refractivity contribution is 5.51. The first-order chi connectivity index (χ1) is 6.69. The van der Waals surface area contributed by atoms with Gasteiger partial charge in [0.25, 0.3) is 0 Å². The van der Waals surface area contributed by atoms with E-state index in [0.717, 1.165) is 11.4 Å². The molecule has 14 heavy (non-hydrogen) atoms. The average Bonchev–Trinajstić information content (AvgIpc) is 2.27. The van der Waals surface area contributed by atoms with Gasteiger partial charge in [0.2, 0.25) is 0 Å². The fourth-order valence-corrected chi connectivity index (χ4v) is 1.14. The number of methoxy groups -OCH3 is 1. The Kier molecular flexibility index (Phi) is 3.35. The molecule has 1 atom stereocenters. The maximum absolute atomic E-state index is 8.77. The lowest BCUT2D eigenvalue weighted by atomic mass is 10.2. The Hall–Kier alpha value is -1.69. The highest BCUT2D eigenvalue weighted by Gasteiger charge is 2.08. The van der Waals surface area contributed by atoms with Gasteiger partial charge in [-0.1, -0.05) is 6.07 Å². The fourth-order valence-electron chi connectivity index (χ4n) is 1.14. The number of nitrogens with zero attached hydrogens (tertiary/aromatic N) is 2. The van der Waals surface area contributed by atoms with E-state index >= 15 is 0 Å². The van der Waals surface area contributed by atoms with Crippen LogP contribution < -0.4 is 9.64 Å². The first kappa shape index (κ1) is 10.4. The van der Waals surface area contributed by atoms with Crippen molar-refractivity contribution in [1.82, 2.24) is 0 Å². The van der Waals surface area contributed by atoms with Crippen molar-refractivity contribution < 1.29 is 4.74 Å². The number of ether oxygens (including phenoxy) is 1. The normalized spacial score (nSPS) is 11.6. The van der Waals surface area contributed by atoms with Crippen LogP contribution in [0.1, 0.15) is 6.92 Å². The molecule has 1 unspecified atom stereocenters. The molecule has 1 rings (SSSR count). The van der Waals surface area contributed by atoms with Crippen molar-refractivity contribution >= 4 is 5.69 Å². The van der Waals surface area contributed by atoms with Gasteiger partial charge < -0.3 is 9.64 Å². The molecule has 74 valence electrons. The molecule has 1 aromatic carbocycles. The smallest absolute Gasteiger partial charge is 0.120 e. The van der Waals surface area contributed by atoms with Crippen LogP contribution in [0.4, 0.5) is 5.69 Å². The molecule has 0 aliphatic heterocycles. The Morgan fingerprint density at radius 1 is 1.50 bits per heavy atom. The molecule has 0 aromatic heterocycles.